The van der Waals surface area contributed by atoms with Gasteiger partial charge in [-0.3, -0.25) is 9.59 Å². The number of rotatable bonds is 5. The van der Waals surface area contributed by atoms with Crippen LogP contribution in [0.2, 0.25) is 0 Å². The molecule has 0 saturated carbocycles. The van der Waals surface area contributed by atoms with Gasteiger partial charge in [0.1, 0.15) is 0 Å². The minimum atomic E-state index is -0.218. The van der Waals surface area contributed by atoms with E-state index in [-0.39, 0.29) is 17.1 Å². The van der Waals surface area contributed by atoms with Gasteiger partial charge in [0.15, 0.2) is 11.6 Å². The molecule has 0 atom stereocenters. The molecule has 0 amide bonds. The quantitative estimate of drug-likeness (QED) is 0.322. The largest absolute Gasteiger partial charge is 0.344 e. The van der Waals surface area contributed by atoms with Gasteiger partial charge in [-0.2, -0.15) is 0 Å². The first-order valence-electron chi connectivity index (χ1n) is 5.72. The fraction of sp³-hybridized carbons (Fsp3) is 0.200. The van der Waals surface area contributed by atoms with Gasteiger partial charge in [-0.1, -0.05) is 12.2 Å². The molecule has 0 radical (unpaired) electrons. The molecule has 1 rings (SSSR count). The molecular formula is C15H17NO2. The van der Waals surface area contributed by atoms with Gasteiger partial charge in [-0.15, -0.1) is 6.58 Å². The Kier molecular flexibility index (Phi) is 5.06. The van der Waals surface area contributed by atoms with Crippen molar-refractivity contribution in [2.75, 3.05) is 6.54 Å². The molecular weight excluding hydrogens is 226 g/mol. The second-order valence-corrected chi connectivity index (χ2v) is 3.93. The summed E-state index contributed by atoms with van der Waals surface area (Å²) < 4.78 is 0. The van der Waals surface area contributed by atoms with Gasteiger partial charge in [0, 0.05) is 18.4 Å². The molecule has 0 fully saturated rings. The van der Waals surface area contributed by atoms with Gasteiger partial charge in [-0.05, 0) is 38.2 Å². The number of carbonyl (C=O) groups excluding carboxylic acids is 2. The van der Waals surface area contributed by atoms with Crippen molar-refractivity contribution in [2.45, 2.75) is 13.8 Å². The Balaban J connectivity index is 3.00. The summed E-state index contributed by atoms with van der Waals surface area (Å²) >= 11 is 0. The van der Waals surface area contributed by atoms with E-state index in [2.05, 4.69) is 6.58 Å². The Hall–Kier alpha value is -2.16. The van der Waals surface area contributed by atoms with E-state index in [0.717, 1.165) is 5.70 Å². The molecule has 0 spiro atoms. The number of Topliss-reactive ketones (excluding diaryl/α,β-unsaturated/α-hetero) is 2. The molecule has 1 aliphatic rings. The summed E-state index contributed by atoms with van der Waals surface area (Å²) in [4.78, 5) is 24.5. The van der Waals surface area contributed by atoms with Gasteiger partial charge < -0.3 is 4.90 Å². The van der Waals surface area contributed by atoms with Crippen LogP contribution in [-0.2, 0) is 9.59 Å². The predicted molar refractivity (Wildman–Crippen MR) is 72.7 cm³/mol. The van der Waals surface area contributed by atoms with Crippen LogP contribution in [0.1, 0.15) is 13.8 Å². The zero-order valence-electron chi connectivity index (χ0n) is 10.7. The highest BCUT2D eigenvalue weighted by molar-refractivity contribution is 6.18. The SMILES string of the molecule is C=CCN1C=CC=CC1=CC=C(C(C)=O)C(C)=O. The summed E-state index contributed by atoms with van der Waals surface area (Å²) in [5, 5.41) is 0. The fourth-order valence-electron chi connectivity index (χ4n) is 1.60. The Morgan fingerprint density at radius 3 is 2.50 bits per heavy atom. The second-order valence-electron chi connectivity index (χ2n) is 3.93. The van der Waals surface area contributed by atoms with E-state index in [4.69, 9.17) is 0 Å². The average molecular weight is 243 g/mol. The molecule has 0 aromatic rings. The molecule has 3 heteroatoms. The Bertz CT molecular complexity index is 463. The molecule has 94 valence electrons. The Labute approximate surface area is 107 Å². The van der Waals surface area contributed by atoms with E-state index in [9.17, 15) is 9.59 Å². The van der Waals surface area contributed by atoms with Crippen LogP contribution in [0.15, 0.2) is 60.5 Å². The fourth-order valence-corrected chi connectivity index (χ4v) is 1.60. The molecule has 3 nitrogen and oxygen atoms in total. The molecule has 1 aliphatic heterocycles. The standard InChI is InChI=1S/C15H17NO2/c1-4-10-16-11-6-5-7-14(16)8-9-15(12(2)17)13(3)18/h4-9,11H,1,10H2,2-3H3. The van der Waals surface area contributed by atoms with Crippen LogP contribution < -0.4 is 0 Å². The Morgan fingerprint density at radius 2 is 1.94 bits per heavy atom. The number of hydrogen-bond acceptors (Lipinski definition) is 3. The third-order valence-corrected chi connectivity index (χ3v) is 2.48. The first kappa shape index (κ1) is 13.9. The van der Waals surface area contributed by atoms with E-state index >= 15 is 0 Å². The number of hydrogen-bond donors (Lipinski definition) is 0. The van der Waals surface area contributed by atoms with Crippen molar-refractivity contribution in [2.24, 2.45) is 0 Å². The van der Waals surface area contributed by atoms with E-state index < -0.39 is 0 Å². The smallest absolute Gasteiger partial charge is 0.163 e. The molecule has 0 bridgehead atoms. The van der Waals surface area contributed by atoms with E-state index in [1.807, 2.05) is 29.3 Å². The first-order valence-corrected chi connectivity index (χ1v) is 5.72. The van der Waals surface area contributed by atoms with Crippen LogP contribution in [0.25, 0.3) is 0 Å². The van der Waals surface area contributed by atoms with Crippen LogP contribution in [0, 0.1) is 0 Å². The normalized spacial score (nSPS) is 15.7. The van der Waals surface area contributed by atoms with Crippen LogP contribution in [0.3, 0.4) is 0 Å². The molecule has 0 N–H and O–H groups in total. The zero-order chi connectivity index (χ0) is 13.5. The second kappa shape index (κ2) is 6.55. The molecule has 18 heavy (non-hydrogen) atoms. The molecule has 0 saturated heterocycles. The van der Waals surface area contributed by atoms with Crippen LogP contribution >= 0.6 is 0 Å². The van der Waals surface area contributed by atoms with Crippen molar-refractivity contribution in [1.29, 1.82) is 0 Å². The van der Waals surface area contributed by atoms with Gasteiger partial charge >= 0.3 is 0 Å². The highest BCUT2D eigenvalue weighted by atomic mass is 16.1. The van der Waals surface area contributed by atoms with Crippen molar-refractivity contribution in [3.63, 3.8) is 0 Å². The van der Waals surface area contributed by atoms with E-state index in [1.165, 1.54) is 13.8 Å². The zero-order valence-corrected chi connectivity index (χ0v) is 10.7. The lowest BCUT2D eigenvalue weighted by molar-refractivity contribution is -0.119. The van der Waals surface area contributed by atoms with Crippen molar-refractivity contribution in [1.82, 2.24) is 4.90 Å². The molecule has 0 aromatic carbocycles. The summed E-state index contributed by atoms with van der Waals surface area (Å²) in [5.41, 5.74) is 1.13. The predicted octanol–water partition coefficient (Wildman–Crippen LogP) is 2.55. The highest BCUT2D eigenvalue weighted by Crippen LogP contribution is 2.13. The van der Waals surface area contributed by atoms with Gasteiger partial charge in [0.05, 0.1) is 5.57 Å². The van der Waals surface area contributed by atoms with Crippen molar-refractivity contribution in [3.05, 3.63) is 60.5 Å². The van der Waals surface area contributed by atoms with Crippen LogP contribution in [-0.4, -0.2) is 23.0 Å². The van der Waals surface area contributed by atoms with Crippen molar-refractivity contribution < 1.29 is 9.59 Å². The summed E-state index contributed by atoms with van der Waals surface area (Å²) in [6.07, 6.45) is 12.8. The topological polar surface area (TPSA) is 37.4 Å². The molecule has 0 aliphatic carbocycles. The average Bonchev–Trinajstić information content (AvgIpc) is 2.31. The van der Waals surface area contributed by atoms with Crippen LogP contribution in [0.5, 0.6) is 0 Å². The number of carbonyl (C=O) groups is 2. The number of allylic oxidation sites excluding steroid dienone is 6. The maximum Gasteiger partial charge on any atom is 0.163 e. The molecule has 1 heterocycles. The lowest BCUT2D eigenvalue weighted by Crippen LogP contribution is -2.16. The minimum Gasteiger partial charge on any atom is -0.344 e. The highest BCUT2D eigenvalue weighted by Gasteiger charge is 2.09. The monoisotopic (exact) mass is 243 g/mol. The lowest BCUT2D eigenvalue weighted by Gasteiger charge is -2.21. The minimum absolute atomic E-state index is 0.212. The van der Waals surface area contributed by atoms with Crippen molar-refractivity contribution >= 4 is 11.6 Å². The lowest BCUT2D eigenvalue weighted by atomic mass is 10.1. The summed E-state index contributed by atoms with van der Waals surface area (Å²) in [7, 11) is 0. The van der Waals surface area contributed by atoms with E-state index in [1.54, 1.807) is 18.2 Å². The number of ketones is 2. The van der Waals surface area contributed by atoms with Crippen molar-refractivity contribution in [3.8, 4) is 0 Å². The maximum atomic E-state index is 11.3. The van der Waals surface area contributed by atoms with Gasteiger partial charge in [0.2, 0.25) is 0 Å². The van der Waals surface area contributed by atoms with Gasteiger partial charge in [-0.25, -0.2) is 0 Å². The summed E-state index contributed by atoms with van der Waals surface area (Å²) in [5.74, 6) is -0.435. The number of nitrogens with zero attached hydrogens (tertiary/aromatic N) is 1. The maximum absolute atomic E-state index is 11.3. The van der Waals surface area contributed by atoms with Crippen LogP contribution in [0.4, 0.5) is 0 Å². The summed E-state index contributed by atoms with van der Waals surface area (Å²) in [6, 6.07) is 0. The summed E-state index contributed by atoms with van der Waals surface area (Å²) in [6.45, 7) is 7.15. The molecule has 0 unspecified atom stereocenters. The third-order valence-electron chi connectivity index (χ3n) is 2.48. The molecule has 0 aromatic heterocycles. The first-order chi connectivity index (χ1) is 8.56. The third kappa shape index (κ3) is 3.70. The Morgan fingerprint density at radius 1 is 1.28 bits per heavy atom. The van der Waals surface area contributed by atoms with Gasteiger partial charge in [0.25, 0.3) is 0 Å². The van der Waals surface area contributed by atoms with E-state index in [0.29, 0.717) is 6.54 Å².